The lowest BCUT2D eigenvalue weighted by Gasteiger charge is -2.16. The number of aromatic nitrogens is 2. The normalized spacial score (nSPS) is 20.5. The number of hydrogen-bond donors (Lipinski definition) is 0. The molecule has 68 valence electrons. The van der Waals surface area contributed by atoms with Crippen LogP contribution in [0.5, 0.6) is 0 Å². The highest BCUT2D eigenvalue weighted by atomic mass is 79.9. The molecule has 1 aromatic rings. The predicted molar refractivity (Wildman–Crippen MR) is 52.1 cm³/mol. The van der Waals surface area contributed by atoms with E-state index in [1.165, 1.54) is 0 Å². The number of rotatable bonds is 0. The van der Waals surface area contributed by atoms with Gasteiger partial charge in [0.2, 0.25) is 5.90 Å². The second-order valence-corrected chi connectivity index (χ2v) is 3.71. The Morgan fingerprint density at radius 3 is 3.00 bits per heavy atom. The molecule has 0 radical (unpaired) electrons. The van der Waals surface area contributed by atoms with Crippen LogP contribution in [0.15, 0.2) is 17.4 Å². The Morgan fingerprint density at radius 1 is 1.46 bits per heavy atom. The van der Waals surface area contributed by atoms with Gasteiger partial charge in [0.1, 0.15) is 5.69 Å². The van der Waals surface area contributed by atoms with Crippen LogP contribution in [-0.4, -0.2) is 29.5 Å². The molecule has 0 amide bonds. The van der Waals surface area contributed by atoms with Crippen molar-refractivity contribution < 1.29 is 4.74 Å². The Hall–Kier alpha value is -0.970. The minimum absolute atomic E-state index is 0.148. The van der Waals surface area contributed by atoms with Gasteiger partial charge >= 0.3 is 0 Å². The third-order valence-electron chi connectivity index (χ3n) is 1.81. The number of nitrogens with zero attached hydrogens (tertiary/aromatic N) is 3. The molecule has 1 atom stereocenters. The Balaban J connectivity index is 2.52. The number of aliphatic imine (C=N–C) groups is 1. The summed E-state index contributed by atoms with van der Waals surface area (Å²) in [5.74, 6) is 0.568. The molecule has 1 aliphatic heterocycles. The molecule has 4 nitrogen and oxygen atoms in total. The summed E-state index contributed by atoms with van der Waals surface area (Å²) < 4.78 is 5.09. The van der Waals surface area contributed by atoms with E-state index < -0.39 is 0 Å². The zero-order valence-corrected chi connectivity index (χ0v) is 8.65. The first kappa shape index (κ1) is 8.62. The molecule has 0 aliphatic carbocycles. The molecular formula is C8H8BrN3O. The fourth-order valence-corrected chi connectivity index (χ4v) is 1.71. The van der Waals surface area contributed by atoms with Crippen molar-refractivity contribution in [1.29, 1.82) is 0 Å². The molecule has 0 N–H and O–H groups in total. The minimum Gasteiger partial charge on any atom is -0.480 e. The summed E-state index contributed by atoms with van der Waals surface area (Å²) in [5, 5.41) is 0. The standard InChI is InChI=1S/C8H8BrN3O/c1-13-8-7-6(5(9)4-12-8)10-2-3-11-7/h2-3,5H,4H2,1H3. The first-order valence-electron chi connectivity index (χ1n) is 3.86. The average Bonchev–Trinajstić information content (AvgIpc) is 2.19. The fourth-order valence-electron chi connectivity index (χ4n) is 1.23. The van der Waals surface area contributed by atoms with Gasteiger partial charge in [-0.25, -0.2) is 9.98 Å². The topological polar surface area (TPSA) is 47.4 Å². The number of methoxy groups -OCH3 is 1. The molecule has 5 heteroatoms. The largest absolute Gasteiger partial charge is 0.480 e. The second kappa shape index (κ2) is 3.41. The molecule has 2 heterocycles. The van der Waals surface area contributed by atoms with Crippen molar-refractivity contribution in [3.8, 4) is 0 Å². The van der Waals surface area contributed by atoms with Crippen LogP contribution in [0.3, 0.4) is 0 Å². The minimum atomic E-state index is 0.148. The molecule has 2 rings (SSSR count). The highest BCUT2D eigenvalue weighted by Gasteiger charge is 2.23. The summed E-state index contributed by atoms with van der Waals surface area (Å²) in [6.07, 6.45) is 3.31. The first-order valence-corrected chi connectivity index (χ1v) is 4.78. The van der Waals surface area contributed by atoms with Crippen LogP contribution >= 0.6 is 15.9 Å². The van der Waals surface area contributed by atoms with E-state index in [2.05, 4.69) is 30.9 Å². The summed E-state index contributed by atoms with van der Waals surface area (Å²) in [7, 11) is 1.59. The zero-order valence-electron chi connectivity index (χ0n) is 7.07. The van der Waals surface area contributed by atoms with Crippen molar-refractivity contribution in [2.24, 2.45) is 4.99 Å². The van der Waals surface area contributed by atoms with E-state index in [0.29, 0.717) is 12.4 Å². The third-order valence-corrected chi connectivity index (χ3v) is 2.54. The zero-order chi connectivity index (χ0) is 9.26. The summed E-state index contributed by atoms with van der Waals surface area (Å²) in [4.78, 5) is 12.8. The van der Waals surface area contributed by atoms with E-state index in [1.54, 1.807) is 19.5 Å². The number of alkyl halides is 1. The van der Waals surface area contributed by atoms with Crippen molar-refractivity contribution in [2.45, 2.75) is 4.83 Å². The monoisotopic (exact) mass is 241 g/mol. The molecule has 0 saturated heterocycles. The molecule has 0 spiro atoms. The molecular weight excluding hydrogens is 234 g/mol. The van der Waals surface area contributed by atoms with E-state index in [4.69, 9.17) is 4.74 Å². The smallest absolute Gasteiger partial charge is 0.237 e. The van der Waals surface area contributed by atoms with Gasteiger partial charge in [0, 0.05) is 12.4 Å². The third kappa shape index (κ3) is 1.44. The quantitative estimate of drug-likeness (QED) is 0.644. The van der Waals surface area contributed by atoms with Gasteiger partial charge in [-0.3, -0.25) is 4.98 Å². The lowest BCUT2D eigenvalue weighted by atomic mass is 10.2. The van der Waals surface area contributed by atoms with E-state index in [9.17, 15) is 0 Å². The lowest BCUT2D eigenvalue weighted by molar-refractivity contribution is 0.398. The molecule has 0 bridgehead atoms. The molecule has 1 aliphatic rings. The summed E-state index contributed by atoms with van der Waals surface area (Å²) in [6.45, 7) is 0.648. The van der Waals surface area contributed by atoms with Crippen molar-refractivity contribution in [2.75, 3.05) is 13.7 Å². The molecule has 1 aromatic heterocycles. The van der Waals surface area contributed by atoms with Gasteiger partial charge < -0.3 is 4.74 Å². The number of halogens is 1. The first-order chi connectivity index (χ1) is 6.33. The molecule has 0 fully saturated rings. The fraction of sp³-hybridized carbons (Fsp3) is 0.375. The number of hydrogen-bond acceptors (Lipinski definition) is 4. The Bertz CT molecular complexity index is 353. The van der Waals surface area contributed by atoms with E-state index >= 15 is 0 Å². The van der Waals surface area contributed by atoms with E-state index in [0.717, 1.165) is 11.4 Å². The van der Waals surface area contributed by atoms with Gasteiger partial charge in [0.25, 0.3) is 0 Å². The lowest BCUT2D eigenvalue weighted by Crippen LogP contribution is -2.19. The highest BCUT2D eigenvalue weighted by molar-refractivity contribution is 9.09. The summed E-state index contributed by atoms with van der Waals surface area (Å²) in [6, 6.07) is 0. The number of ether oxygens (including phenoxy) is 1. The highest BCUT2D eigenvalue weighted by Crippen LogP contribution is 2.27. The molecule has 0 aromatic carbocycles. The molecule has 0 saturated carbocycles. The Labute approximate surface area is 84.2 Å². The van der Waals surface area contributed by atoms with Crippen LogP contribution in [0, 0.1) is 0 Å². The predicted octanol–water partition coefficient (Wildman–Crippen LogP) is 1.32. The molecule has 1 unspecified atom stereocenters. The van der Waals surface area contributed by atoms with Gasteiger partial charge in [0.15, 0.2) is 0 Å². The van der Waals surface area contributed by atoms with Crippen LogP contribution < -0.4 is 0 Å². The van der Waals surface area contributed by atoms with Crippen molar-refractivity contribution in [3.63, 3.8) is 0 Å². The van der Waals surface area contributed by atoms with Crippen molar-refractivity contribution in [1.82, 2.24) is 9.97 Å². The van der Waals surface area contributed by atoms with E-state index in [1.807, 2.05) is 0 Å². The number of fused-ring (bicyclic) bond motifs is 1. The maximum Gasteiger partial charge on any atom is 0.237 e. The van der Waals surface area contributed by atoms with Gasteiger partial charge in [0.05, 0.1) is 24.2 Å². The molecule has 13 heavy (non-hydrogen) atoms. The van der Waals surface area contributed by atoms with Crippen molar-refractivity contribution >= 4 is 21.8 Å². The average molecular weight is 242 g/mol. The van der Waals surface area contributed by atoms with Crippen LogP contribution in [0.2, 0.25) is 0 Å². The van der Waals surface area contributed by atoms with Crippen molar-refractivity contribution in [3.05, 3.63) is 23.8 Å². The van der Waals surface area contributed by atoms with E-state index in [-0.39, 0.29) is 4.83 Å². The maximum atomic E-state index is 5.09. The van der Waals surface area contributed by atoms with Crippen LogP contribution in [0.4, 0.5) is 0 Å². The maximum absolute atomic E-state index is 5.09. The summed E-state index contributed by atoms with van der Waals surface area (Å²) >= 11 is 3.48. The summed E-state index contributed by atoms with van der Waals surface area (Å²) in [5.41, 5.74) is 1.63. The van der Waals surface area contributed by atoms with Gasteiger partial charge in [-0.15, -0.1) is 0 Å². The van der Waals surface area contributed by atoms with Gasteiger partial charge in [-0.05, 0) is 0 Å². The van der Waals surface area contributed by atoms with Crippen LogP contribution in [0.1, 0.15) is 16.2 Å². The second-order valence-electron chi connectivity index (χ2n) is 2.61. The Kier molecular flexibility index (Phi) is 2.26. The SMILES string of the molecule is COC1=NCC(Br)c2nccnc21. The van der Waals surface area contributed by atoms with Gasteiger partial charge in [-0.1, -0.05) is 15.9 Å². The van der Waals surface area contributed by atoms with Crippen LogP contribution in [0.25, 0.3) is 0 Å². The Morgan fingerprint density at radius 2 is 2.23 bits per heavy atom. The van der Waals surface area contributed by atoms with Gasteiger partial charge in [-0.2, -0.15) is 0 Å². The van der Waals surface area contributed by atoms with Crippen LogP contribution in [-0.2, 0) is 4.74 Å².